The van der Waals surface area contributed by atoms with Crippen molar-refractivity contribution in [2.24, 2.45) is 0 Å². The number of carbonyl (C=O) groups is 1. The van der Waals surface area contributed by atoms with Gasteiger partial charge in [-0.25, -0.2) is 4.79 Å². The minimum Gasteiger partial charge on any atom is -0.335 e. The van der Waals surface area contributed by atoms with Gasteiger partial charge in [0.15, 0.2) is 0 Å². The smallest absolute Gasteiger partial charge is 0.315 e. The second-order valence-electron chi connectivity index (χ2n) is 7.03. The Kier molecular flexibility index (Phi) is 4.85. The topological polar surface area (TPSA) is 53.2 Å². The Bertz CT molecular complexity index is 497. The highest BCUT2D eigenvalue weighted by Gasteiger charge is 2.38. The van der Waals surface area contributed by atoms with Crippen LogP contribution >= 0.6 is 22.9 Å². The second-order valence-corrected chi connectivity index (χ2v) is 8.83. The Hall–Kier alpha value is -0.780. The number of amides is 2. The van der Waals surface area contributed by atoms with Gasteiger partial charge in [0, 0.05) is 22.0 Å². The maximum absolute atomic E-state index is 12.0. The van der Waals surface area contributed by atoms with E-state index >= 15 is 0 Å². The zero-order valence-electron chi connectivity index (χ0n) is 13.0. The van der Waals surface area contributed by atoms with Crippen molar-refractivity contribution in [1.82, 2.24) is 16.0 Å². The highest BCUT2D eigenvalue weighted by molar-refractivity contribution is 7.16. The van der Waals surface area contributed by atoms with Gasteiger partial charge in [0.05, 0.1) is 10.9 Å². The van der Waals surface area contributed by atoms with E-state index in [0.717, 1.165) is 22.1 Å². The minimum atomic E-state index is -0.113. The summed E-state index contributed by atoms with van der Waals surface area (Å²) in [6, 6.07) is 3.85. The molecule has 0 unspecified atom stereocenters. The monoisotopic (exact) mass is 329 g/mol. The number of rotatable bonds is 3. The molecule has 2 rings (SSSR count). The molecule has 2 amide bonds. The van der Waals surface area contributed by atoms with Crippen molar-refractivity contribution < 1.29 is 4.79 Å². The molecule has 0 saturated carbocycles. The molecule has 0 radical (unpaired) electrons. The molecule has 0 spiro atoms. The summed E-state index contributed by atoms with van der Waals surface area (Å²) < 4.78 is 0.745. The number of nitrogens with one attached hydrogen (secondary N) is 3. The van der Waals surface area contributed by atoms with Crippen LogP contribution in [0.25, 0.3) is 0 Å². The van der Waals surface area contributed by atoms with Crippen molar-refractivity contribution in [1.29, 1.82) is 0 Å². The number of thiophene rings is 1. The van der Waals surface area contributed by atoms with Gasteiger partial charge in [0.25, 0.3) is 0 Å². The van der Waals surface area contributed by atoms with Crippen LogP contribution in [0, 0.1) is 0 Å². The lowest BCUT2D eigenvalue weighted by Crippen LogP contribution is -2.62. The molecule has 1 aliphatic heterocycles. The molecule has 6 heteroatoms. The molecule has 2 heterocycles. The minimum absolute atomic E-state index is 0.0287. The molecule has 1 saturated heterocycles. The van der Waals surface area contributed by atoms with Gasteiger partial charge in [0.2, 0.25) is 0 Å². The van der Waals surface area contributed by atoms with Crippen LogP contribution in [0.4, 0.5) is 4.79 Å². The quantitative estimate of drug-likeness (QED) is 0.795. The highest BCUT2D eigenvalue weighted by atomic mass is 35.5. The van der Waals surface area contributed by atoms with Crippen LogP contribution in [0.2, 0.25) is 4.34 Å². The largest absolute Gasteiger partial charge is 0.335 e. The van der Waals surface area contributed by atoms with Crippen LogP contribution in [-0.2, 0) is 6.54 Å². The third-order valence-corrected chi connectivity index (χ3v) is 4.81. The van der Waals surface area contributed by atoms with E-state index in [4.69, 9.17) is 11.6 Å². The van der Waals surface area contributed by atoms with Crippen molar-refractivity contribution in [2.45, 2.75) is 64.2 Å². The first kappa shape index (κ1) is 16.6. The number of urea groups is 1. The van der Waals surface area contributed by atoms with Crippen LogP contribution < -0.4 is 16.0 Å². The fraction of sp³-hybridized carbons (Fsp3) is 0.667. The van der Waals surface area contributed by atoms with Gasteiger partial charge in [-0.3, -0.25) is 0 Å². The maximum atomic E-state index is 12.0. The number of hydrogen-bond acceptors (Lipinski definition) is 3. The average Bonchev–Trinajstić information content (AvgIpc) is 2.68. The summed E-state index contributed by atoms with van der Waals surface area (Å²) in [5, 5.41) is 9.60. The van der Waals surface area contributed by atoms with Crippen molar-refractivity contribution in [3.8, 4) is 0 Å². The lowest BCUT2D eigenvalue weighted by molar-refractivity contribution is 0.147. The highest BCUT2D eigenvalue weighted by Crippen LogP contribution is 2.28. The fourth-order valence-electron chi connectivity index (χ4n) is 3.27. The van der Waals surface area contributed by atoms with Gasteiger partial charge in [-0.15, -0.1) is 11.3 Å². The van der Waals surface area contributed by atoms with Gasteiger partial charge in [-0.1, -0.05) is 11.6 Å². The predicted molar refractivity (Wildman–Crippen MR) is 89.0 cm³/mol. The number of halogens is 1. The third kappa shape index (κ3) is 5.16. The standard InChI is InChI=1S/C15H24ClN3OS/c1-14(2)7-10(8-15(3,4)19-14)18-13(20)17-9-11-5-6-12(16)21-11/h5-6,10,19H,7-9H2,1-4H3,(H2,17,18,20). The van der Waals surface area contributed by atoms with E-state index in [0.29, 0.717) is 6.54 Å². The Balaban J connectivity index is 1.84. The Labute approximate surface area is 135 Å². The van der Waals surface area contributed by atoms with Crippen LogP contribution in [-0.4, -0.2) is 23.2 Å². The zero-order valence-corrected chi connectivity index (χ0v) is 14.6. The van der Waals surface area contributed by atoms with E-state index in [1.165, 1.54) is 11.3 Å². The van der Waals surface area contributed by atoms with Gasteiger partial charge < -0.3 is 16.0 Å². The molecule has 3 N–H and O–H groups in total. The molecule has 1 aromatic heterocycles. The van der Waals surface area contributed by atoms with Gasteiger partial charge in [-0.2, -0.15) is 0 Å². The summed E-state index contributed by atoms with van der Waals surface area (Å²) in [6.45, 7) is 9.21. The van der Waals surface area contributed by atoms with E-state index < -0.39 is 0 Å². The molecule has 118 valence electrons. The lowest BCUT2D eigenvalue weighted by atomic mass is 9.80. The summed E-state index contributed by atoms with van der Waals surface area (Å²) in [5.74, 6) is 0. The van der Waals surface area contributed by atoms with Crippen LogP contribution in [0.1, 0.15) is 45.4 Å². The third-order valence-electron chi connectivity index (χ3n) is 3.58. The van der Waals surface area contributed by atoms with Crippen LogP contribution in [0.5, 0.6) is 0 Å². The molecule has 21 heavy (non-hydrogen) atoms. The Morgan fingerprint density at radius 2 is 1.95 bits per heavy atom. The van der Waals surface area contributed by atoms with E-state index in [1.54, 1.807) is 0 Å². The molecular weight excluding hydrogens is 306 g/mol. The first-order chi connectivity index (χ1) is 9.65. The predicted octanol–water partition coefficient (Wildman–Crippen LogP) is 3.51. The molecule has 0 aliphatic carbocycles. The maximum Gasteiger partial charge on any atom is 0.315 e. The molecule has 0 aromatic carbocycles. The van der Waals surface area contributed by atoms with E-state index in [1.807, 2.05) is 12.1 Å². The molecule has 1 aliphatic rings. The normalized spacial score (nSPS) is 21.0. The molecular formula is C15H24ClN3OS. The number of carbonyl (C=O) groups excluding carboxylic acids is 1. The molecule has 4 nitrogen and oxygen atoms in total. The van der Waals surface area contributed by atoms with Gasteiger partial charge in [-0.05, 0) is 52.7 Å². The van der Waals surface area contributed by atoms with Crippen molar-refractivity contribution >= 4 is 29.0 Å². The second kappa shape index (κ2) is 6.15. The summed E-state index contributed by atoms with van der Waals surface area (Å²) in [6.07, 6.45) is 1.85. The van der Waals surface area contributed by atoms with Crippen molar-refractivity contribution in [2.75, 3.05) is 0 Å². The molecule has 1 aromatic rings. The van der Waals surface area contributed by atoms with E-state index in [-0.39, 0.29) is 23.2 Å². The lowest BCUT2D eigenvalue weighted by Gasteiger charge is -2.46. The van der Waals surface area contributed by atoms with Gasteiger partial charge in [0.1, 0.15) is 0 Å². The van der Waals surface area contributed by atoms with Crippen molar-refractivity contribution in [3.05, 3.63) is 21.3 Å². The molecule has 0 atom stereocenters. The fourth-order valence-corrected chi connectivity index (χ4v) is 4.30. The van der Waals surface area contributed by atoms with Gasteiger partial charge >= 0.3 is 6.03 Å². The SMILES string of the molecule is CC1(C)CC(NC(=O)NCc2ccc(Cl)s2)CC(C)(C)N1. The van der Waals surface area contributed by atoms with E-state index in [9.17, 15) is 4.79 Å². The summed E-state index contributed by atoms with van der Waals surface area (Å²) >= 11 is 7.37. The average molecular weight is 330 g/mol. The first-order valence-corrected chi connectivity index (χ1v) is 8.43. The molecule has 1 fully saturated rings. The Morgan fingerprint density at radius 1 is 1.33 bits per heavy atom. The van der Waals surface area contributed by atoms with Crippen LogP contribution in [0.3, 0.4) is 0 Å². The Morgan fingerprint density at radius 3 is 2.48 bits per heavy atom. The summed E-state index contributed by atoms with van der Waals surface area (Å²) in [7, 11) is 0. The molecule has 0 bridgehead atoms. The number of hydrogen-bond donors (Lipinski definition) is 3. The zero-order chi connectivity index (χ0) is 15.7. The van der Waals surface area contributed by atoms with Crippen molar-refractivity contribution in [3.63, 3.8) is 0 Å². The van der Waals surface area contributed by atoms with Crippen LogP contribution in [0.15, 0.2) is 12.1 Å². The van der Waals surface area contributed by atoms with E-state index in [2.05, 4.69) is 43.6 Å². The number of piperidine rings is 1. The summed E-state index contributed by atoms with van der Waals surface area (Å²) in [5.41, 5.74) is 0.0575. The first-order valence-electron chi connectivity index (χ1n) is 7.23. The summed E-state index contributed by atoms with van der Waals surface area (Å²) in [4.78, 5) is 13.1.